The second-order valence-corrected chi connectivity index (χ2v) is 4.74. The number of nitrogens with zero attached hydrogens (tertiary/aromatic N) is 3. The van der Waals surface area contributed by atoms with Gasteiger partial charge in [-0.3, -0.25) is 4.79 Å². The highest BCUT2D eigenvalue weighted by molar-refractivity contribution is 7.13. The van der Waals surface area contributed by atoms with Crippen LogP contribution in [0.3, 0.4) is 0 Å². The van der Waals surface area contributed by atoms with Gasteiger partial charge in [-0.05, 0) is 19.9 Å². The molecule has 0 bridgehead atoms. The van der Waals surface area contributed by atoms with Gasteiger partial charge >= 0.3 is 0 Å². The molecule has 6 nitrogen and oxygen atoms in total. The SMILES string of the molecule is Cc1cc(C)nc(Nc2nc(CC(N)=O)cs2)n1. The number of thiazole rings is 1. The minimum absolute atomic E-state index is 0.145. The summed E-state index contributed by atoms with van der Waals surface area (Å²) < 4.78 is 0. The fourth-order valence-electron chi connectivity index (χ4n) is 1.50. The van der Waals surface area contributed by atoms with Crippen LogP contribution in [0.4, 0.5) is 11.1 Å². The van der Waals surface area contributed by atoms with Gasteiger partial charge < -0.3 is 11.1 Å². The van der Waals surface area contributed by atoms with E-state index in [0.29, 0.717) is 16.8 Å². The predicted octanol–water partition coefficient (Wildman–Crippen LogP) is 1.32. The number of nitrogens with one attached hydrogen (secondary N) is 1. The maximum absolute atomic E-state index is 10.8. The molecule has 0 aliphatic heterocycles. The summed E-state index contributed by atoms with van der Waals surface area (Å²) in [6.07, 6.45) is 0.145. The molecule has 18 heavy (non-hydrogen) atoms. The third-order valence-corrected chi connectivity index (χ3v) is 2.91. The van der Waals surface area contributed by atoms with E-state index >= 15 is 0 Å². The van der Waals surface area contributed by atoms with Gasteiger partial charge in [0.1, 0.15) is 0 Å². The van der Waals surface area contributed by atoms with Gasteiger partial charge in [-0.15, -0.1) is 11.3 Å². The minimum Gasteiger partial charge on any atom is -0.369 e. The topological polar surface area (TPSA) is 93.8 Å². The maximum Gasteiger partial charge on any atom is 0.229 e. The van der Waals surface area contributed by atoms with Crippen molar-refractivity contribution < 1.29 is 4.79 Å². The third-order valence-electron chi connectivity index (χ3n) is 2.11. The number of carbonyl (C=O) groups is 1. The number of hydrogen-bond donors (Lipinski definition) is 2. The first-order valence-corrected chi connectivity index (χ1v) is 6.23. The molecule has 7 heteroatoms. The van der Waals surface area contributed by atoms with Gasteiger partial charge in [0.2, 0.25) is 11.9 Å². The Balaban J connectivity index is 2.13. The van der Waals surface area contributed by atoms with Gasteiger partial charge in [0.05, 0.1) is 12.1 Å². The third kappa shape index (κ3) is 3.24. The molecule has 0 radical (unpaired) electrons. The van der Waals surface area contributed by atoms with Crippen molar-refractivity contribution in [3.05, 3.63) is 28.5 Å². The second kappa shape index (κ2) is 5.09. The van der Waals surface area contributed by atoms with Crippen LogP contribution >= 0.6 is 11.3 Å². The molecule has 0 saturated carbocycles. The fraction of sp³-hybridized carbons (Fsp3) is 0.273. The zero-order valence-electron chi connectivity index (χ0n) is 10.1. The summed E-state index contributed by atoms with van der Waals surface area (Å²) in [6.45, 7) is 3.81. The normalized spacial score (nSPS) is 10.3. The number of aryl methyl sites for hydroxylation is 2. The first kappa shape index (κ1) is 12.4. The summed E-state index contributed by atoms with van der Waals surface area (Å²) in [7, 11) is 0. The van der Waals surface area contributed by atoms with Crippen LogP contribution in [0.2, 0.25) is 0 Å². The number of anilines is 2. The monoisotopic (exact) mass is 263 g/mol. The highest BCUT2D eigenvalue weighted by Crippen LogP contribution is 2.19. The Morgan fingerprint density at radius 2 is 2.00 bits per heavy atom. The zero-order valence-corrected chi connectivity index (χ0v) is 10.9. The number of nitrogens with two attached hydrogens (primary N) is 1. The lowest BCUT2D eigenvalue weighted by molar-refractivity contribution is -0.117. The Hall–Kier alpha value is -2.02. The molecule has 0 fully saturated rings. The van der Waals surface area contributed by atoms with Crippen molar-refractivity contribution in [3.63, 3.8) is 0 Å². The first-order chi connectivity index (χ1) is 8.52. The Kier molecular flexibility index (Phi) is 3.52. The van der Waals surface area contributed by atoms with Crippen molar-refractivity contribution in [1.29, 1.82) is 0 Å². The quantitative estimate of drug-likeness (QED) is 0.867. The molecule has 0 unspecified atom stereocenters. The lowest BCUT2D eigenvalue weighted by atomic mass is 10.3. The molecule has 1 amide bonds. The molecular formula is C11H13N5OS. The second-order valence-electron chi connectivity index (χ2n) is 3.89. The maximum atomic E-state index is 10.8. The molecule has 2 aromatic rings. The van der Waals surface area contributed by atoms with Gasteiger partial charge in [-0.2, -0.15) is 0 Å². The lowest BCUT2D eigenvalue weighted by Gasteiger charge is -2.02. The Morgan fingerprint density at radius 3 is 2.61 bits per heavy atom. The number of carbonyl (C=O) groups excluding carboxylic acids is 1. The first-order valence-electron chi connectivity index (χ1n) is 5.35. The number of primary amides is 1. The Morgan fingerprint density at radius 1 is 1.33 bits per heavy atom. The molecule has 0 spiro atoms. The lowest BCUT2D eigenvalue weighted by Crippen LogP contribution is -2.13. The summed E-state index contributed by atoms with van der Waals surface area (Å²) in [5, 5.41) is 5.45. The number of amides is 1. The van der Waals surface area contributed by atoms with Crippen molar-refractivity contribution >= 4 is 28.3 Å². The molecular weight excluding hydrogens is 250 g/mol. The number of hydrogen-bond acceptors (Lipinski definition) is 6. The molecule has 0 aliphatic rings. The average Bonchev–Trinajstić information content (AvgIpc) is 2.62. The molecule has 2 heterocycles. The van der Waals surface area contributed by atoms with Crippen molar-refractivity contribution in [1.82, 2.24) is 15.0 Å². The molecule has 0 aliphatic carbocycles. The van der Waals surface area contributed by atoms with Crippen LogP contribution < -0.4 is 11.1 Å². The van der Waals surface area contributed by atoms with E-state index in [1.54, 1.807) is 5.38 Å². The van der Waals surface area contributed by atoms with Crippen LogP contribution in [0.1, 0.15) is 17.1 Å². The van der Waals surface area contributed by atoms with E-state index < -0.39 is 5.91 Å². The summed E-state index contributed by atoms with van der Waals surface area (Å²) in [6, 6.07) is 1.89. The molecule has 3 N–H and O–H groups in total. The van der Waals surface area contributed by atoms with E-state index in [2.05, 4.69) is 20.3 Å². The number of aromatic nitrogens is 3. The molecule has 0 atom stereocenters. The van der Waals surface area contributed by atoms with E-state index in [1.165, 1.54) is 11.3 Å². The molecule has 0 aromatic carbocycles. The van der Waals surface area contributed by atoms with Crippen LogP contribution in [-0.4, -0.2) is 20.9 Å². The summed E-state index contributed by atoms with van der Waals surface area (Å²) >= 11 is 1.39. The van der Waals surface area contributed by atoms with Gasteiger partial charge in [0, 0.05) is 16.8 Å². The standard InChI is InChI=1S/C11H13N5OS/c1-6-3-7(2)14-10(13-6)16-11-15-8(5-18-11)4-9(12)17/h3,5H,4H2,1-2H3,(H2,12,17)(H,13,14,15,16). The van der Waals surface area contributed by atoms with Gasteiger partial charge in [0.25, 0.3) is 0 Å². The summed E-state index contributed by atoms with van der Waals surface area (Å²) in [5.74, 6) is 0.113. The molecule has 2 aromatic heterocycles. The highest BCUT2D eigenvalue weighted by Gasteiger charge is 2.06. The van der Waals surface area contributed by atoms with Gasteiger partial charge in [-0.25, -0.2) is 15.0 Å². The van der Waals surface area contributed by atoms with Crippen molar-refractivity contribution in [2.24, 2.45) is 5.73 Å². The largest absolute Gasteiger partial charge is 0.369 e. The van der Waals surface area contributed by atoms with Gasteiger partial charge in [0.15, 0.2) is 5.13 Å². The van der Waals surface area contributed by atoms with E-state index in [0.717, 1.165) is 11.4 Å². The fourth-order valence-corrected chi connectivity index (χ4v) is 2.21. The Labute approximate surface area is 108 Å². The smallest absolute Gasteiger partial charge is 0.229 e. The van der Waals surface area contributed by atoms with Crippen LogP contribution in [-0.2, 0) is 11.2 Å². The van der Waals surface area contributed by atoms with Crippen molar-refractivity contribution in [3.8, 4) is 0 Å². The predicted molar refractivity (Wildman–Crippen MR) is 69.8 cm³/mol. The van der Waals surface area contributed by atoms with Crippen LogP contribution in [0.25, 0.3) is 0 Å². The van der Waals surface area contributed by atoms with E-state index in [1.807, 2.05) is 19.9 Å². The van der Waals surface area contributed by atoms with Crippen molar-refractivity contribution in [2.45, 2.75) is 20.3 Å². The molecule has 94 valence electrons. The zero-order chi connectivity index (χ0) is 13.1. The van der Waals surface area contributed by atoms with Crippen molar-refractivity contribution in [2.75, 3.05) is 5.32 Å². The van der Waals surface area contributed by atoms with E-state index in [4.69, 9.17) is 5.73 Å². The van der Waals surface area contributed by atoms with Gasteiger partial charge in [-0.1, -0.05) is 0 Å². The van der Waals surface area contributed by atoms with Crippen LogP contribution in [0.5, 0.6) is 0 Å². The number of rotatable bonds is 4. The Bertz CT molecular complexity index is 560. The molecule has 2 rings (SSSR count). The summed E-state index contributed by atoms with van der Waals surface area (Å²) in [4.78, 5) is 23.5. The summed E-state index contributed by atoms with van der Waals surface area (Å²) in [5.41, 5.74) is 7.53. The average molecular weight is 263 g/mol. The van der Waals surface area contributed by atoms with E-state index in [-0.39, 0.29) is 6.42 Å². The van der Waals surface area contributed by atoms with Crippen LogP contribution in [0, 0.1) is 13.8 Å². The van der Waals surface area contributed by atoms with Crippen LogP contribution in [0.15, 0.2) is 11.4 Å². The molecule has 0 saturated heterocycles. The van der Waals surface area contributed by atoms with E-state index in [9.17, 15) is 4.79 Å². The highest BCUT2D eigenvalue weighted by atomic mass is 32.1. The minimum atomic E-state index is -0.394.